The lowest BCUT2D eigenvalue weighted by molar-refractivity contribution is 0.0786. The summed E-state index contributed by atoms with van der Waals surface area (Å²) in [7, 11) is 1.80. The standard InChI is InChI=1S/C21H29N7O.C19H31N3O2/c1-21(2,3)17-11-15-13-28(20(29)27-18(15)26-17)16-7-5-14(6-8-16)12-24-9-4-10-25-19(22)23;1-19(2,3)16-12-15(18(24)21(4)8-5-11-23)13-17(14-16)22-9-6-20-7-10-22/h5-8,11,13,24H,4,9-10,12H2,1-3H3,(H4,22,23,25)(H,26,27,29);12-14,20,23H,5-11H2,1-4H3. The van der Waals surface area contributed by atoms with Crippen LogP contribution in [0.4, 0.5) is 5.69 Å². The number of carbonyl (C=O) groups is 1. The maximum absolute atomic E-state index is 12.8. The Morgan fingerprint density at radius 3 is 2.30 bits per heavy atom. The minimum Gasteiger partial charge on any atom is -0.396 e. The largest absolute Gasteiger partial charge is 0.396 e. The number of H-pyrrole nitrogens is 1. The maximum Gasteiger partial charge on any atom is 0.354 e. The Hall–Kier alpha value is -4.72. The van der Waals surface area contributed by atoms with Gasteiger partial charge < -0.3 is 42.0 Å². The Labute approximate surface area is 313 Å². The number of amides is 1. The highest BCUT2D eigenvalue weighted by Gasteiger charge is 2.22. The van der Waals surface area contributed by atoms with Gasteiger partial charge in [0.05, 0.1) is 5.69 Å². The molecule has 1 amide bonds. The highest BCUT2D eigenvalue weighted by Crippen LogP contribution is 2.29. The van der Waals surface area contributed by atoms with Crippen molar-refractivity contribution >= 4 is 28.6 Å². The fraction of sp³-hybridized carbons (Fsp3) is 0.500. The van der Waals surface area contributed by atoms with E-state index in [1.54, 1.807) is 16.5 Å². The number of piperazine rings is 1. The first-order chi connectivity index (χ1) is 25.1. The van der Waals surface area contributed by atoms with Crippen LogP contribution in [0.15, 0.2) is 64.5 Å². The number of aliphatic hydroxyl groups is 1. The molecule has 1 fully saturated rings. The van der Waals surface area contributed by atoms with Crippen molar-refractivity contribution in [1.82, 2.24) is 30.1 Å². The third kappa shape index (κ3) is 11.9. The van der Waals surface area contributed by atoms with Gasteiger partial charge in [-0.15, -0.1) is 0 Å². The van der Waals surface area contributed by atoms with Crippen LogP contribution in [0.2, 0.25) is 0 Å². The summed E-state index contributed by atoms with van der Waals surface area (Å²) in [5.74, 6) is 0.142. The van der Waals surface area contributed by atoms with E-state index in [9.17, 15) is 9.59 Å². The molecule has 0 saturated carbocycles. The predicted octanol–water partition coefficient (Wildman–Crippen LogP) is 3.61. The molecule has 13 nitrogen and oxygen atoms in total. The number of guanidine groups is 1. The first kappa shape index (κ1) is 41.0. The number of anilines is 1. The quantitative estimate of drug-likeness (QED) is 0.0721. The number of fused-ring (bicyclic) bond motifs is 1. The van der Waals surface area contributed by atoms with E-state index in [2.05, 4.69) is 84.2 Å². The predicted molar refractivity (Wildman–Crippen MR) is 216 cm³/mol. The zero-order chi connectivity index (χ0) is 38.8. The second-order valence-corrected chi connectivity index (χ2v) is 15.7. The molecule has 1 saturated heterocycles. The number of benzene rings is 2. The molecule has 0 bridgehead atoms. The molecule has 13 heteroatoms. The third-order valence-corrected chi connectivity index (χ3v) is 9.18. The van der Waals surface area contributed by atoms with E-state index in [0.717, 1.165) is 79.3 Å². The zero-order valence-corrected chi connectivity index (χ0v) is 32.6. The number of rotatable bonds is 12. The average Bonchev–Trinajstić information content (AvgIpc) is 3.55. The first-order valence-corrected chi connectivity index (χ1v) is 18.5. The van der Waals surface area contributed by atoms with Gasteiger partial charge in [-0.05, 0) is 72.3 Å². The molecule has 2 aromatic heterocycles. The summed E-state index contributed by atoms with van der Waals surface area (Å²) in [6, 6.07) is 16.2. The molecule has 53 heavy (non-hydrogen) atoms. The van der Waals surface area contributed by atoms with Crippen LogP contribution in [0.5, 0.6) is 0 Å². The number of hydrogen-bond acceptors (Lipinski definition) is 8. The SMILES string of the molecule is CC(C)(C)c1cc2cn(-c3ccc(CNCCCN=C(N)N)cc3)c(=O)nc2[nH]1.CN(CCCO)C(=O)c1cc(N2CCNCC2)cc(C(C)(C)C)c1. The van der Waals surface area contributed by atoms with Gasteiger partial charge in [-0.3, -0.25) is 14.4 Å². The molecule has 2 aromatic carbocycles. The van der Waals surface area contributed by atoms with Crippen molar-refractivity contribution < 1.29 is 9.90 Å². The number of aromatic nitrogens is 3. The van der Waals surface area contributed by atoms with Gasteiger partial charge in [0.15, 0.2) is 5.96 Å². The molecule has 5 rings (SSSR count). The number of nitrogens with two attached hydrogens (primary N) is 2. The van der Waals surface area contributed by atoms with Crippen LogP contribution in [0, 0.1) is 0 Å². The Morgan fingerprint density at radius 2 is 1.68 bits per heavy atom. The Bertz CT molecular complexity index is 1870. The minimum absolute atomic E-state index is 0.0112. The van der Waals surface area contributed by atoms with E-state index in [1.807, 2.05) is 42.6 Å². The normalized spacial score (nSPS) is 13.4. The molecule has 3 heterocycles. The van der Waals surface area contributed by atoms with Crippen molar-refractivity contribution in [1.29, 1.82) is 0 Å². The van der Waals surface area contributed by atoms with Crippen LogP contribution in [-0.2, 0) is 17.4 Å². The van der Waals surface area contributed by atoms with Crippen molar-refractivity contribution in [2.45, 2.75) is 71.8 Å². The number of carbonyl (C=O) groups excluding carboxylic acids is 1. The summed E-state index contributed by atoms with van der Waals surface area (Å²) in [5.41, 5.74) is 16.9. The van der Waals surface area contributed by atoms with Gasteiger partial charge in [0.25, 0.3) is 5.91 Å². The Morgan fingerprint density at radius 1 is 0.981 bits per heavy atom. The van der Waals surface area contributed by atoms with E-state index in [4.69, 9.17) is 16.6 Å². The molecule has 4 aromatic rings. The highest BCUT2D eigenvalue weighted by molar-refractivity contribution is 5.95. The van der Waals surface area contributed by atoms with Crippen molar-refractivity contribution in [2.75, 3.05) is 64.4 Å². The lowest BCUT2D eigenvalue weighted by Gasteiger charge is -2.31. The third-order valence-electron chi connectivity index (χ3n) is 9.18. The molecular weight excluding hydrogens is 669 g/mol. The monoisotopic (exact) mass is 728 g/mol. The lowest BCUT2D eigenvalue weighted by Crippen LogP contribution is -2.43. The van der Waals surface area contributed by atoms with Crippen molar-refractivity contribution in [3.05, 3.63) is 87.6 Å². The van der Waals surface area contributed by atoms with Gasteiger partial charge >= 0.3 is 5.69 Å². The highest BCUT2D eigenvalue weighted by atomic mass is 16.3. The smallest absolute Gasteiger partial charge is 0.354 e. The molecule has 0 atom stereocenters. The first-order valence-electron chi connectivity index (χ1n) is 18.5. The van der Waals surface area contributed by atoms with E-state index >= 15 is 0 Å². The number of hydrogen-bond donors (Lipinski definition) is 6. The van der Waals surface area contributed by atoms with Crippen LogP contribution >= 0.6 is 0 Å². The summed E-state index contributed by atoms with van der Waals surface area (Å²) in [6.07, 6.45) is 3.31. The molecule has 8 N–H and O–H groups in total. The van der Waals surface area contributed by atoms with Crippen molar-refractivity contribution in [3.63, 3.8) is 0 Å². The van der Waals surface area contributed by atoms with E-state index in [1.165, 1.54) is 5.56 Å². The number of aromatic amines is 1. The van der Waals surface area contributed by atoms with Gasteiger partial charge in [0, 0.05) is 93.4 Å². The lowest BCUT2D eigenvalue weighted by atomic mass is 9.85. The van der Waals surface area contributed by atoms with Gasteiger partial charge in [-0.2, -0.15) is 4.98 Å². The fourth-order valence-electron chi connectivity index (χ4n) is 5.91. The Balaban J connectivity index is 0.000000241. The summed E-state index contributed by atoms with van der Waals surface area (Å²) in [6.45, 7) is 19.6. The molecular formula is C40H60N10O3. The fourth-order valence-corrected chi connectivity index (χ4v) is 5.91. The summed E-state index contributed by atoms with van der Waals surface area (Å²) >= 11 is 0. The number of nitrogens with one attached hydrogen (secondary N) is 3. The number of aliphatic imine (C=N–C) groups is 1. The van der Waals surface area contributed by atoms with Crippen LogP contribution in [0.3, 0.4) is 0 Å². The molecule has 0 aliphatic carbocycles. The van der Waals surface area contributed by atoms with Gasteiger partial charge in [0.1, 0.15) is 5.65 Å². The van der Waals surface area contributed by atoms with E-state index in [-0.39, 0.29) is 35.0 Å². The Kier molecular flexibility index (Phi) is 14.2. The maximum atomic E-state index is 12.8. The zero-order valence-electron chi connectivity index (χ0n) is 32.6. The van der Waals surface area contributed by atoms with Crippen molar-refractivity contribution in [3.8, 4) is 5.69 Å². The molecule has 0 unspecified atom stereocenters. The summed E-state index contributed by atoms with van der Waals surface area (Å²) < 4.78 is 1.58. The summed E-state index contributed by atoms with van der Waals surface area (Å²) in [4.78, 5) is 40.7. The van der Waals surface area contributed by atoms with Crippen molar-refractivity contribution in [2.24, 2.45) is 16.5 Å². The molecule has 288 valence electrons. The van der Waals surface area contributed by atoms with Gasteiger partial charge in [-0.25, -0.2) is 4.79 Å². The second kappa shape index (κ2) is 18.4. The van der Waals surface area contributed by atoms with Gasteiger partial charge in [-0.1, -0.05) is 53.7 Å². The topological polar surface area (TPSA) is 183 Å². The van der Waals surface area contributed by atoms with Crippen LogP contribution < -0.4 is 32.7 Å². The molecule has 1 aliphatic heterocycles. The number of aliphatic hydroxyl groups excluding tert-OH is 1. The van der Waals surface area contributed by atoms with Crippen LogP contribution in [-0.4, -0.2) is 95.9 Å². The molecule has 1 aliphatic rings. The average molecular weight is 729 g/mol. The van der Waals surface area contributed by atoms with Crippen LogP contribution in [0.1, 0.15) is 81.6 Å². The molecule has 0 radical (unpaired) electrons. The minimum atomic E-state index is -0.301. The second-order valence-electron chi connectivity index (χ2n) is 15.7. The van der Waals surface area contributed by atoms with Gasteiger partial charge in [0.2, 0.25) is 0 Å². The van der Waals surface area contributed by atoms with Crippen LogP contribution in [0.25, 0.3) is 16.7 Å². The molecule has 0 spiro atoms. The summed E-state index contributed by atoms with van der Waals surface area (Å²) in [5, 5.41) is 16.6. The van der Waals surface area contributed by atoms with E-state index < -0.39 is 0 Å². The van der Waals surface area contributed by atoms with E-state index in [0.29, 0.717) is 25.2 Å². The number of nitrogens with zero attached hydrogens (tertiary/aromatic N) is 5.